The summed E-state index contributed by atoms with van der Waals surface area (Å²) >= 11 is 1.63. The second-order valence-electron chi connectivity index (χ2n) is 4.66. The molecule has 3 N–H and O–H groups in total. The molecule has 0 atom stereocenters. The number of thiophene rings is 1. The summed E-state index contributed by atoms with van der Waals surface area (Å²) in [6.45, 7) is 4.51. The normalized spacial score (nSPS) is 10.4. The molecule has 0 unspecified atom stereocenters. The van der Waals surface area contributed by atoms with E-state index in [9.17, 15) is 14.9 Å². The number of benzene rings is 1. The molecule has 0 aliphatic heterocycles. The fourth-order valence-electron chi connectivity index (χ4n) is 1.91. The van der Waals surface area contributed by atoms with E-state index in [-0.39, 0.29) is 11.3 Å². The van der Waals surface area contributed by atoms with Gasteiger partial charge >= 0.3 is 0 Å². The van der Waals surface area contributed by atoms with Crippen LogP contribution in [0.3, 0.4) is 0 Å². The lowest BCUT2D eigenvalue weighted by atomic mass is 10.1. The molecule has 1 aromatic heterocycles. The zero-order valence-electron chi connectivity index (χ0n) is 11.7. The summed E-state index contributed by atoms with van der Waals surface area (Å²) < 4.78 is 0. The molecular formula is C14H15N3O3S. The summed E-state index contributed by atoms with van der Waals surface area (Å²) in [4.78, 5) is 24.0. The molecule has 0 bridgehead atoms. The molecule has 110 valence electrons. The number of nitrogens with one attached hydrogen (secondary N) is 1. The first kappa shape index (κ1) is 15.0. The fourth-order valence-corrected chi connectivity index (χ4v) is 2.90. The van der Waals surface area contributed by atoms with Gasteiger partial charge in [-0.15, -0.1) is 11.3 Å². The lowest BCUT2D eigenvalue weighted by Crippen LogP contribution is -2.12. The first-order valence-electron chi connectivity index (χ1n) is 6.26. The minimum atomic E-state index is -0.615. The van der Waals surface area contributed by atoms with Crippen molar-refractivity contribution in [2.24, 2.45) is 5.73 Å². The number of primary amides is 1. The highest BCUT2D eigenvalue weighted by molar-refractivity contribution is 7.12. The Morgan fingerprint density at radius 3 is 2.62 bits per heavy atom. The van der Waals surface area contributed by atoms with Crippen molar-refractivity contribution in [1.82, 2.24) is 0 Å². The van der Waals surface area contributed by atoms with E-state index in [0.29, 0.717) is 12.2 Å². The van der Waals surface area contributed by atoms with Crippen molar-refractivity contribution in [3.05, 3.63) is 55.3 Å². The third kappa shape index (κ3) is 3.38. The van der Waals surface area contributed by atoms with Gasteiger partial charge in [0.15, 0.2) is 0 Å². The van der Waals surface area contributed by atoms with Crippen LogP contribution in [0.15, 0.2) is 24.3 Å². The molecule has 0 saturated carbocycles. The van der Waals surface area contributed by atoms with Gasteiger partial charge < -0.3 is 11.1 Å². The molecule has 1 aromatic carbocycles. The van der Waals surface area contributed by atoms with Crippen LogP contribution in [0, 0.1) is 24.0 Å². The summed E-state index contributed by atoms with van der Waals surface area (Å²) in [6.07, 6.45) is 0. The summed E-state index contributed by atoms with van der Waals surface area (Å²) in [5, 5.41) is 14.0. The molecule has 0 aliphatic carbocycles. The maximum Gasteiger partial charge on any atom is 0.292 e. The van der Waals surface area contributed by atoms with Gasteiger partial charge in [0, 0.05) is 27.9 Å². The minimum Gasteiger partial charge on any atom is -0.375 e. The van der Waals surface area contributed by atoms with Gasteiger partial charge in [0.05, 0.1) is 4.92 Å². The Kier molecular flexibility index (Phi) is 4.23. The Balaban J connectivity index is 2.26. The molecule has 7 heteroatoms. The van der Waals surface area contributed by atoms with Crippen LogP contribution in [0.2, 0.25) is 0 Å². The topological polar surface area (TPSA) is 98.3 Å². The number of hydrogen-bond donors (Lipinski definition) is 2. The highest BCUT2D eigenvalue weighted by Gasteiger charge is 2.16. The second-order valence-corrected chi connectivity index (χ2v) is 6.00. The molecule has 0 aliphatic rings. The number of rotatable bonds is 5. The standard InChI is InChI=1S/C14H15N3O3S/c1-8-5-11(21-9(8)2)7-16-12-6-10(14(15)18)3-4-13(12)17(19)20/h3-6,16H,7H2,1-2H3,(H2,15,18). The van der Waals surface area contributed by atoms with Gasteiger partial charge in [-0.05, 0) is 37.6 Å². The SMILES string of the molecule is Cc1cc(CNc2cc(C(N)=O)ccc2[N+](=O)[O-])sc1C. The van der Waals surface area contributed by atoms with E-state index >= 15 is 0 Å². The molecule has 0 spiro atoms. The third-order valence-corrected chi connectivity index (χ3v) is 4.30. The van der Waals surface area contributed by atoms with E-state index in [2.05, 4.69) is 5.32 Å². The summed E-state index contributed by atoms with van der Waals surface area (Å²) in [5.41, 5.74) is 6.85. The van der Waals surface area contributed by atoms with E-state index in [1.807, 2.05) is 19.9 Å². The maximum absolute atomic E-state index is 11.2. The molecule has 0 radical (unpaired) electrons. The zero-order chi connectivity index (χ0) is 15.6. The van der Waals surface area contributed by atoms with Gasteiger partial charge in [-0.25, -0.2) is 0 Å². The van der Waals surface area contributed by atoms with Crippen LogP contribution in [0.1, 0.15) is 25.7 Å². The molecule has 0 saturated heterocycles. The Morgan fingerprint density at radius 1 is 1.38 bits per heavy atom. The molecular weight excluding hydrogens is 290 g/mol. The van der Waals surface area contributed by atoms with Crippen LogP contribution in [-0.2, 0) is 6.54 Å². The number of hydrogen-bond acceptors (Lipinski definition) is 5. The van der Waals surface area contributed by atoms with Crippen LogP contribution < -0.4 is 11.1 Å². The summed E-state index contributed by atoms with van der Waals surface area (Å²) in [6, 6.07) is 6.09. The fraction of sp³-hybridized carbons (Fsp3) is 0.214. The van der Waals surface area contributed by atoms with Crippen molar-refractivity contribution < 1.29 is 9.72 Å². The van der Waals surface area contributed by atoms with Gasteiger partial charge in [0.2, 0.25) is 5.91 Å². The quantitative estimate of drug-likeness (QED) is 0.655. The molecule has 6 nitrogen and oxygen atoms in total. The lowest BCUT2D eigenvalue weighted by Gasteiger charge is -2.07. The van der Waals surface area contributed by atoms with Gasteiger partial charge in [-0.2, -0.15) is 0 Å². The van der Waals surface area contributed by atoms with E-state index < -0.39 is 10.8 Å². The third-order valence-electron chi connectivity index (χ3n) is 3.15. The van der Waals surface area contributed by atoms with Crippen molar-refractivity contribution in [3.8, 4) is 0 Å². The van der Waals surface area contributed by atoms with Crippen molar-refractivity contribution in [2.45, 2.75) is 20.4 Å². The number of carbonyl (C=O) groups is 1. The Bertz CT molecular complexity index is 690. The lowest BCUT2D eigenvalue weighted by molar-refractivity contribution is -0.384. The molecule has 1 amide bonds. The first-order chi connectivity index (χ1) is 9.88. The number of nitro groups is 1. The van der Waals surface area contributed by atoms with E-state index in [1.54, 1.807) is 11.3 Å². The Labute approximate surface area is 125 Å². The maximum atomic E-state index is 11.2. The van der Waals surface area contributed by atoms with Crippen LogP contribution in [-0.4, -0.2) is 10.8 Å². The van der Waals surface area contributed by atoms with Crippen molar-refractivity contribution >= 4 is 28.6 Å². The second kappa shape index (κ2) is 5.92. The van der Waals surface area contributed by atoms with E-state index in [4.69, 9.17) is 5.73 Å². The predicted octanol–water partition coefficient (Wildman–Crippen LogP) is 2.98. The average Bonchev–Trinajstić information content (AvgIpc) is 2.75. The number of anilines is 1. The molecule has 1 heterocycles. The van der Waals surface area contributed by atoms with Crippen LogP contribution >= 0.6 is 11.3 Å². The highest BCUT2D eigenvalue weighted by atomic mass is 32.1. The van der Waals surface area contributed by atoms with Crippen molar-refractivity contribution in [1.29, 1.82) is 0 Å². The molecule has 21 heavy (non-hydrogen) atoms. The first-order valence-corrected chi connectivity index (χ1v) is 7.08. The van der Waals surface area contributed by atoms with Crippen molar-refractivity contribution in [3.63, 3.8) is 0 Å². The number of carbonyl (C=O) groups excluding carboxylic acids is 1. The van der Waals surface area contributed by atoms with Gasteiger partial charge in [0.25, 0.3) is 5.69 Å². The van der Waals surface area contributed by atoms with Crippen LogP contribution in [0.5, 0.6) is 0 Å². The smallest absolute Gasteiger partial charge is 0.292 e. The Hall–Kier alpha value is -2.41. The number of aryl methyl sites for hydroxylation is 2. The van der Waals surface area contributed by atoms with Gasteiger partial charge in [0.1, 0.15) is 5.69 Å². The average molecular weight is 305 g/mol. The van der Waals surface area contributed by atoms with Crippen LogP contribution in [0.4, 0.5) is 11.4 Å². The highest BCUT2D eigenvalue weighted by Crippen LogP contribution is 2.27. The summed E-state index contributed by atoms with van der Waals surface area (Å²) in [5.74, 6) is -0.615. The number of nitro benzene ring substituents is 1. The Morgan fingerprint density at radius 2 is 2.10 bits per heavy atom. The monoisotopic (exact) mass is 305 g/mol. The number of nitrogens with zero attached hydrogens (tertiary/aromatic N) is 1. The largest absolute Gasteiger partial charge is 0.375 e. The zero-order valence-corrected chi connectivity index (χ0v) is 12.5. The molecule has 2 rings (SSSR count). The molecule has 0 fully saturated rings. The van der Waals surface area contributed by atoms with Gasteiger partial charge in [-0.3, -0.25) is 14.9 Å². The van der Waals surface area contributed by atoms with Crippen LogP contribution in [0.25, 0.3) is 0 Å². The van der Waals surface area contributed by atoms with E-state index in [1.165, 1.54) is 28.6 Å². The molecule has 2 aromatic rings. The minimum absolute atomic E-state index is 0.0787. The van der Waals surface area contributed by atoms with E-state index in [0.717, 1.165) is 4.88 Å². The van der Waals surface area contributed by atoms with Crippen molar-refractivity contribution in [2.75, 3.05) is 5.32 Å². The summed E-state index contributed by atoms with van der Waals surface area (Å²) in [7, 11) is 0. The number of nitrogens with two attached hydrogens (primary N) is 1. The van der Waals surface area contributed by atoms with Gasteiger partial charge in [-0.1, -0.05) is 0 Å². The predicted molar refractivity (Wildman–Crippen MR) is 82.7 cm³/mol. The number of amides is 1.